The van der Waals surface area contributed by atoms with Crippen molar-refractivity contribution in [1.82, 2.24) is 0 Å². The van der Waals surface area contributed by atoms with Crippen LogP contribution in [0.2, 0.25) is 0 Å². The van der Waals surface area contributed by atoms with Crippen molar-refractivity contribution in [2.75, 3.05) is 0 Å². The van der Waals surface area contributed by atoms with Gasteiger partial charge in [0.15, 0.2) is 0 Å². The van der Waals surface area contributed by atoms with Crippen LogP contribution in [-0.4, -0.2) is 14.0 Å². The molecular weight excluding hydrogens is 138 g/mol. The first-order valence-electron chi connectivity index (χ1n) is 2.32. The van der Waals surface area contributed by atoms with E-state index in [0.717, 1.165) is 11.0 Å². The molecule has 3 nitrogen and oxygen atoms in total. The van der Waals surface area contributed by atoms with Crippen LogP contribution in [-0.2, 0) is 9.84 Å². The van der Waals surface area contributed by atoms with E-state index in [1.807, 2.05) is 0 Å². The third-order valence-electron chi connectivity index (χ3n) is 0.759. The van der Waals surface area contributed by atoms with Crippen LogP contribution in [0.15, 0.2) is 28.8 Å². The highest BCUT2D eigenvalue weighted by Gasteiger charge is 1.98. The summed E-state index contributed by atoms with van der Waals surface area (Å²) in [4.78, 5) is 3.47. The smallest absolute Gasteiger partial charge is 0.210 e. The fourth-order valence-electron chi connectivity index (χ4n) is 0.409. The van der Waals surface area contributed by atoms with E-state index in [4.69, 9.17) is 0 Å². The third-order valence-corrected chi connectivity index (χ3v) is 1.71. The standard InChI is InChI=1S/C5H5NO2S/c7-9(8)4-2-1-3-6-5-9/h1-5H. The third kappa shape index (κ3) is 1.81. The zero-order valence-electron chi connectivity index (χ0n) is 4.56. The molecule has 0 saturated heterocycles. The zero-order valence-corrected chi connectivity index (χ0v) is 5.38. The van der Waals surface area contributed by atoms with Crippen molar-refractivity contribution in [2.45, 2.75) is 0 Å². The van der Waals surface area contributed by atoms with Crippen molar-refractivity contribution >= 4 is 15.4 Å². The Kier molecular flexibility index (Phi) is 1.48. The summed E-state index contributed by atoms with van der Waals surface area (Å²) in [7, 11) is -3.15. The van der Waals surface area contributed by atoms with Crippen LogP contribution >= 0.6 is 0 Å². The normalized spacial score (nSPS) is 21.8. The molecule has 0 N–H and O–H groups in total. The second-order valence-electron chi connectivity index (χ2n) is 1.51. The van der Waals surface area contributed by atoms with Gasteiger partial charge in [-0.3, -0.25) is 4.99 Å². The second-order valence-corrected chi connectivity index (χ2v) is 3.17. The largest absolute Gasteiger partial charge is 0.252 e. The summed E-state index contributed by atoms with van der Waals surface area (Å²) < 4.78 is 21.2. The molecule has 0 unspecified atom stereocenters. The number of nitrogens with zero attached hydrogens (tertiary/aromatic N) is 1. The van der Waals surface area contributed by atoms with Crippen LogP contribution in [0, 0.1) is 0 Å². The Labute approximate surface area is 53.3 Å². The molecule has 1 heterocycles. The summed E-state index contributed by atoms with van der Waals surface area (Å²) in [5.74, 6) is 0. The van der Waals surface area contributed by atoms with E-state index in [-0.39, 0.29) is 0 Å². The topological polar surface area (TPSA) is 46.5 Å². The summed E-state index contributed by atoms with van der Waals surface area (Å²) >= 11 is 0. The van der Waals surface area contributed by atoms with Crippen molar-refractivity contribution in [2.24, 2.45) is 4.99 Å². The van der Waals surface area contributed by atoms with E-state index < -0.39 is 9.84 Å². The highest BCUT2D eigenvalue weighted by atomic mass is 32.2. The number of allylic oxidation sites excluding steroid dienone is 2. The zero-order chi connectivity index (χ0) is 6.74. The Balaban J connectivity index is 3.11. The molecule has 9 heavy (non-hydrogen) atoms. The van der Waals surface area contributed by atoms with Gasteiger partial charge in [0, 0.05) is 11.6 Å². The molecular formula is C5H5NO2S. The first-order valence-corrected chi connectivity index (χ1v) is 3.93. The van der Waals surface area contributed by atoms with Crippen LogP contribution in [0.3, 0.4) is 0 Å². The van der Waals surface area contributed by atoms with E-state index in [9.17, 15) is 8.42 Å². The van der Waals surface area contributed by atoms with Crippen LogP contribution in [0.4, 0.5) is 0 Å². The molecule has 1 aliphatic heterocycles. The molecule has 0 amide bonds. The van der Waals surface area contributed by atoms with Gasteiger partial charge in [-0.25, -0.2) is 8.42 Å². The van der Waals surface area contributed by atoms with Gasteiger partial charge in [0.1, 0.15) is 5.55 Å². The quantitative estimate of drug-likeness (QED) is 0.495. The lowest BCUT2D eigenvalue weighted by Gasteiger charge is -1.79. The maximum Gasteiger partial charge on any atom is 0.210 e. The van der Waals surface area contributed by atoms with Gasteiger partial charge in [0.25, 0.3) is 0 Å². The van der Waals surface area contributed by atoms with Crippen LogP contribution < -0.4 is 0 Å². The lowest BCUT2D eigenvalue weighted by atomic mass is 10.6. The molecule has 0 aliphatic carbocycles. The van der Waals surface area contributed by atoms with Crippen LogP contribution in [0.25, 0.3) is 0 Å². The van der Waals surface area contributed by atoms with Gasteiger partial charge in [-0.15, -0.1) is 0 Å². The number of aliphatic imine (C=N–C) groups is 1. The second kappa shape index (κ2) is 2.14. The average Bonchev–Trinajstić information content (AvgIpc) is 1.92. The highest BCUT2D eigenvalue weighted by Crippen LogP contribution is 1.93. The molecule has 1 aliphatic rings. The average molecular weight is 143 g/mol. The number of hydrogen-bond donors (Lipinski definition) is 0. The van der Waals surface area contributed by atoms with Crippen LogP contribution in [0.1, 0.15) is 0 Å². The maximum absolute atomic E-state index is 10.6. The molecule has 0 aromatic carbocycles. The van der Waals surface area contributed by atoms with Gasteiger partial charge in [-0.2, -0.15) is 0 Å². The van der Waals surface area contributed by atoms with E-state index in [0.29, 0.717) is 0 Å². The van der Waals surface area contributed by atoms with Crippen LogP contribution in [0.5, 0.6) is 0 Å². The monoisotopic (exact) mass is 143 g/mol. The van der Waals surface area contributed by atoms with Gasteiger partial charge in [0.2, 0.25) is 9.84 Å². The summed E-state index contributed by atoms with van der Waals surface area (Å²) in [6.45, 7) is 0. The number of hydrogen-bond acceptors (Lipinski definition) is 3. The SMILES string of the molecule is O=S1(=O)C=CC=CN=C1. The van der Waals surface area contributed by atoms with Crippen molar-refractivity contribution in [3.05, 3.63) is 23.8 Å². The molecule has 48 valence electrons. The summed E-state index contributed by atoms with van der Waals surface area (Å²) in [5, 5.41) is 1.10. The van der Waals surface area contributed by atoms with E-state index >= 15 is 0 Å². The molecule has 0 bridgehead atoms. The minimum atomic E-state index is -3.15. The minimum absolute atomic E-state index is 0.910. The molecule has 0 spiro atoms. The van der Waals surface area contributed by atoms with Crippen molar-refractivity contribution in [3.8, 4) is 0 Å². The lowest BCUT2D eigenvalue weighted by molar-refractivity contribution is 0.616. The van der Waals surface area contributed by atoms with Gasteiger partial charge in [-0.05, 0) is 12.2 Å². The Morgan fingerprint density at radius 2 is 2.00 bits per heavy atom. The first-order chi connectivity index (χ1) is 4.21. The number of sulfone groups is 1. The van der Waals surface area contributed by atoms with Crippen molar-refractivity contribution in [3.63, 3.8) is 0 Å². The van der Waals surface area contributed by atoms with Gasteiger partial charge in [0.05, 0.1) is 0 Å². The Morgan fingerprint density at radius 3 is 2.78 bits per heavy atom. The predicted octanol–water partition coefficient (Wildman–Crippen LogP) is 0.471. The predicted molar refractivity (Wildman–Crippen MR) is 35.7 cm³/mol. The van der Waals surface area contributed by atoms with E-state index in [1.54, 1.807) is 6.08 Å². The molecule has 0 aromatic heterocycles. The molecule has 4 heteroatoms. The fraction of sp³-hybridized carbons (Fsp3) is 0. The lowest BCUT2D eigenvalue weighted by Crippen LogP contribution is -1.92. The van der Waals surface area contributed by atoms with E-state index in [1.165, 1.54) is 12.3 Å². The molecule has 0 saturated carbocycles. The Bertz CT molecular complexity index is 249. The van der Waals surface area contributed by atoms with Crippen molar-refractivity contribution < 1.29 is 8.42 Å². The van der Waals surface area contributed by atoms with Gasteiger partial charge < -0.3 is 0 Å². The maximum atomic E-state index is 10.6. The molecule has 0 atom stereocenters. The van der Waals surface area contributed by atoms with Gasteiger partial charge in [-0.1, -0.05) is 0 Å². The Hall–Kier alpha value is -0.900. The molecule has 0 aromatic rings. The molecule has 0 radical (unpaired) electrons. The fourth-order valence-corrected chi connectivity index (χ4v) is 1.03. The summed E-state index contributed by atoms with van der Waals surface area (Å²) in [6.07, 6.45) is 4.41. The number of rotatable bonds is 0. The van der Waals surface area contributed by atoms with E-state index in [2.05, 4.69) is 4.99 Å². The molecule has 1 rings (SSSR count). The van der Waals surface area contributed by atoms with Crippen molar-refractivity contribution in [1.29, 1.82) is 0 Å². The minimum Gasteiger partial charge on any atom is -0.252 e. The summed E-state index contributed by atoms with van der Waals surface area (Å²) in [5.41, 5.74) is 0.910. The summed E-state index contributed by atoms with van der Waals surface area (Å²) in [6, 6.07) is 0. The first kappa shape index (κ1) is 6.22. The van der Waals surface area contributed by atoms with Gasteiger partial charge >= 0.3 is 0 Å². The molecule has 0 fully saturated rings. The Morgan fingerprint density at radius 1 is 1.22 bits per heavy atom. The highest BCUT2D eigenvalue weighted by molar-refractivity contribution is 8.07.